The number of benzene rings is 5. The number of thioether (sulfide) groups is 1. The van der Waals surface area contributed by atoms with E-state index in [0.717, 1.165) is 31.5 Å². The lowest BCUT2D eigenvalue weighted by Gasteiger charge is -2.38. The number of carboxylic acid groups (broad SMARTS) is 2. The Hall–Kier alpha value is -13.7. The van der Waals surface area contributed by atoms with Gasteiger partial charge in [0.2, 0.25) is 88.6 Å². The number of unbranched alkanes of at least 4 members (excludes halogenated alkanes) is 1. The third-order valence-electron chi connectivity index (χ3n) is 23.6. The molecule has 0 aliphatic carbocycles. The highest BCUT2D eigenvalue weighted by molar-refractivity contribution is 8.00. The van der Waals surface area contributed by atoms with Crippen LogP contribution < -0.4 is 53.6 Å². The maximum Gasteiger partial charge on any atom is 0.305 e. The maximum absolute atomic E-state index is 15.7. The van der Waals surface area contributed by atoms with Crippen LogP contribution in [0.1, 0.15) is 120 Å². The molecule has 0 bridgehead atoms. The first-order valence-electron chi connectivity index (χ1n) is 44.4. The summed E-state index contributed by atoms with van der Waals surface area (Å²) in [5.74, 6) is -26.9. The largest absolute Gasteiger partial charge is 0.508 e. The topological polar surface area (TPSA) is 547 Å². The van der Waals surface area contributed by atoms with Crippen LogP contribution in [0.4, 0.5) is 13.2 Å². The van der Waals surface area contributed by atoms with E-state index in [1.54, 1.807) is 81.6 Å². The number of para-hydroxylation sites is 1. The van der Waals surface area contributed by atoms with Crippen molar-refractivity contribution in [1.29, 1.82) is 0 Å². The van der Waals surface area contributed by atoms with Gasteiger partial charge in [-0.2, -0.15) is 0 Å². The van der Waals surface area contributed by atoms with E-state index in [-0.39, 0.29) is 76.1 Å². The van der Waals surface area contributed by atoms with E-state index < -0.39 is 277 Å². The van der Waals surface area contributed by atoms with Crippen LogP contribution in [0.25, 0.3) is 10.9 Å². The van der Waals surface area contributed by atoms with Crippen molar-refractivity contribution in [2.24, 2.45) is 17.6 Å². The van der Waals surface area contributed by atoms with Gasteiger partial charge in [0, 0.05) is 95.6 Å². The van der Waals surface area contributed by atoms with Gasteiger partial charge in [0.25, 0.3) is 0 Å². The molecule has 15 amide bonds. The minimum atomic E-state index is -1.99. The molecule has 16 N–H and O–H groups in total. The van der Waals surface area contributed by atoms with E-state index in [4.69, 9.17) is 10.5 Å². The van der Waals surface area contributed by atoms with Gasteiger partial charge in [0.1, 0.15) is 90.0 Å². The van der Waals surface area contributed by atoms with E-state index >= 15 is 56.7 Å². The normalized spacial score (nSPS) is 23.5. The zero-order valence-electron chi connectivity index (χ0n) is 76.0. The second kappa shape index (κ2) is 49.4. The number of hydrogen-bond donors (Lipinski definition) is 15. The van der Waals surface area contributed by atoms with Gasteiger partial charge < -0.3 is 108 Å². The van der Waals surface area contributed by atoms with E-state index in [9.17, 15) is 58.4 Å². The molecule has 5 aromatic carbocycles. The summed E-state index contributed by atoms with van der Waals surface area (Å²) in [6, 6.07) is 4.96. The standard InChI is InChI=1S/C93H117F3N16O22S/c1-9-10-21-71-92(132)111-33-16-22-70(111)86(126)105-67(44-78(119)120)85(125)107-80(51(4)5)93(133)109(7)72(41-52-17-12-11-13-18-52)87(127)101-63(31-32-77(117)118)90(130)112-34-35-134-47-74(112)88(128)104-66(43-56-45-98-62-20-15-14-19-59(56)62)84(124)103-65(39-53-23-27-57(113)28-24-53)83(123)102-64(36-50(2)3)82(122)106-69(81(121)99-46-75(97)115)48-135-49-76(116)100-68(40-55-37-60(94)79(96)61(95)38-55)89(129)110(8)73(91(131)108(71)6)42-54-25-29-58(114)30-26-54/h11-15,17-20,23-30,37-38,45,50-51,63-74,80,98,113-114H,9-10,16,21-22,31-36,39-44,46-49H2,1-8H3,(H2,97,115)(H,99,121)(H,100,116)(H,101,127)(H,102,123)(H,103,124)(H,104,128)(H,105,126)(H,106,122)(H,107,125)(H,117,118)(H,119,120)/t63-,64-,65-,66-,67-,68-,69-,70+,71-,72-,73-,74+,80-/m0/s1. The lowest BCUT2D eigenvalue weighted by Crippen LogP contribution is -2.64. The number of carbonyl (C=O) groups excluding carboxylic acids is 15. The first-order chi connectivity index (χ1) is 64.1. The number of phenols is 2. The Kier molecular flexibility index (Phi) is 38.4. The first kappa shape index (κ1) is 105. The molecule has 135 heavy (non-hydrogen) atoms. The van der Waals surface area contributed by atoms with Gasteiger partial charge in [-0.25, -0.2) is 13.2 Å². The number of fused-ring (bicyclic) bond motifs is 3. The molecule has 0 spiro atoms. The first-order valence-corrected chi connectivity index (χ1v) is 45.5. The third kappa shape index (κ3) is 29.4. The third-order valence-corrected chi connectivity index (χ3v) is 24.7. The fourth-order valence-corrected chi connectivity index (χ4v) is 17.1. The fourth-order valence-electron chi connectivity index (χ4n) is 16.3. The van der Waals surface area contributed by atoms with Crippen LogP contribution in [0.15, 0.2) is 121 Å². The summed E-state index contributed by atoms with van der Waals surface area (Å²) in [6.45, 7) is 6.07. The van der Waals surface area contributed by atoms with Crippen molar-refractivity contribution < 1.29 is 120 Å². The highest BCUT2D eigenvalue weighted by Crippen LogP contribution is 2.28. The second-order valence-corrected chi connectivity index (χ2v) is 35.5. The molecule has 3 aliphatic rings. The molecule has 3 saturated heterocycles. The number of nitrogens with one attached hydrogen (secondary N) is 10. The predicted octanol–water partition coefficient (Wildman–Crippen LogP) is 1.67. The molecule has 3 aliphatic heterocycles. The van der Waals surface area contributed by atoms with Crippen LogP contribution in [0.2, 0.25) is 0 Å². The number of nitrogens with two attached hydrogens (primary N) is 1. The van der Waals surface area contributed by atoms with Crippen molar-refractivity contribution in [1.82, 2.24) is 77.3 Å². The number of amides is 15. The lowest BCUT2D eigenvalue weighted by molar-refractivity contribution is -0.152. The molecule has 6 aromatic rings. The number of phenolic OH excluding ortho intramolecular Hbond substituents is 2. The van der Waals surface area contributed by atoms with Crippen LogP contribution in [-0.2, 0) is 118 Å². The minimum Gasteiger partial charge on any atom is -0.508 e. The highest BCUT2D eigenvalue weighted by atomic mass is 32.2. The van der Waals surface area contributed by atoms with Crippen LogP contribution in [0.5, 0.6) is 11.5 Å². The fraction of sp³-hybridized carbons (Fsp3) is 0.473. The van der Waals surface area contributed by atoms with Crippen LogP contribution in [-0.4, -0.2) is 294 Å². The molecule has 728 valence electrons. The number of ether oxygens (including phenoxy) is 1. The molecule has 0 unspecified atom stereocenters. The van der Waals surface area contributed by atoms with Crippen molar-refractivity contribution in [2.45, 2.75) is 203 Å². The molecule has 38 nitrogen and oxygen atoms in total. The van der Waals surface area contributed by atoms with Crippen molar-refractivity contribution in [2.75, 3.05) is 65.5 Å². The number of aromatic amines is 1. The number of aliphatic carboxylic acids is 2. The summed E-state index contributed by atoms with van der Waals surface area (Å²) in [7, 11) is 3.60. The average molecular weight is 1900 g/mol. The summed E-state index contributed by atoms with van der Waals surface area (Å²) >= 11 is 0.642. The Morgan fingerprint density at radius 3 is 1.70 bits per heavy atom. The highest BCUT2D eigenvalue weighted by Gasteiger charge is 2.47. The molecule has 42 heteroatoms. The van der Waals surface area contributed by atoms with Gasteiger partial charge in [-0.15, -0.1) is 11.8 Å². The van der Waals surface area contributed by atoms with Crippen molar-refractivity contribution >= 4 is 123 Å². The average Bonchev–Trinajstić information content (AvgIpc) is 1.76. The number of rotatable bonds is 24. The Balaban J connectivity index is 1.14. The van der Waals surface area contributed by atoms with Crippen molar-refractivity contribution in [3.05, 3.63) is 167 Å². The molecule has 0 saturated carbocycles. The van der Waals surface area contributed by atoms with Crippen LogP contribution >= 0.6 is 11.8 Å². The SMILES string of the molecule is CCCC[C@H]1C(=O)N2CCC[C@@H]2C(=O)N[C@@H](CC(=O)O)C(=O)N[C@@H](C(C)C)C(=O)N(C)[C@@H](Cc2ccccc2)C(=O)N[C@@H](CCC(=O)O)C(=O)N2CCOC[C@@H]2C(=O)N[C@@H](Cc2c[nH]c3ccccc23)C(=O)N[C@@H](Cc2ccc(O)cc2)C(=O)N[C@@H](CC(C)C)C(=O)N[C@H](C(=O)NCC(N)=O)CSCC(=O)N[C@@H](Cc2cc(F)c(F)c(F)c2)C(=O)N(C)[C@@H](Cc2ccc(O)cc2)C(=O)N1C. The van der Waals surface area contributed by atoms with Gasteiger partial charge in [-0.3, -0.25) is 81.5 Å². The zero-order valence-corrected chi connectivity index (χ0v) is 76.9. The minimum absolute atomic E-state index is 0.0818. The van der Waals surface area contributed by atoms with Gasteiger partial charge in [-0.1, -0.05) is 120 Å². The van der Waals surface area contributed by atoms with Crippen molar-refractivity contribution in [3.63, 3.8) is 0 Å². The molecule has 4 heterocycles. The lowest BCUT2D eigenvalue weighted by atomic mass is 9.98. The van der Waals surface area contributed by atoms with Gasteiger partial charge in [0.15, 0.2) is 17.5 Å². The predicted molar refractivity (Wildman–Crippen MR) is 484 cm³/mol. The van der Waals surface area contributed by atoms with Crippen LogP contribution in [0.3, 0.4) is 0 Å². The Morgan fingerprint density at radius 1 is 0.533 bits per heavy atom. The van der Waals surface area contributed by atoms with E-state index in [1.165, 1.54) is 76.5 Å². The molecule has 9 rings (SSSR count). The van der Waals surface area contributed by atoms with Crippen molar-refractivity contribution in [3.8, 4) is 11.5 Å². The molecule has 1 aromatic heterocycles. The summed E-state index contributed by atoms with van der Waals surface area (Å²) in [5.41, 5.74) is 7.13. The molecule has 13 atom stereocenters. The summed E-state index contributed by atoms with van der Waals surface area (Å²) < 4.78 is 50.9. The molecule has 3 fully saturated rings. The Morgan fingerprint density at radius 2 is 1.07 bits per heavy atom. The van der Waals surface area contributed by atoms with E-state index in [0.29, 0.717) is 63.5 Å². The Labute approximate surface area is 781 Å². The number of H-pyrrole nitrogens is 1. The summed E-state index contributed by atoms with van der Waals surface area (Å²) in [6.07, 6.45) is -2.75. The monoisotopic (exact) mass is 1900 g/mol. The summed E-state index contributed by atoms with van der Waals surface area (Å²) in [5, 5.41) is 65.1. The Bertz CT molecular complexity index is 5270. The number of nitrogens with zero attached hydrogens (tertiary/aromatic N) is 5. The smallest absolute Gasteiger partial charge is 0.305 e. The number of likely N-dealkylation sites (N-methyl/N-ethyl adjacent to an activating group) is 3. The van der Waals surface area contributed by atoms with E-state index in [1.807, 2.05) is 0 Å². The number of carboxylic acids is 2. The van der Waals surface area contributed by atoms with Crippen LogP contribution in [0, 0.1) is 29.3 Å². The number of morpholine rings is 1. The number of carbonyl (C=O) groups is 17. The quantitative estimate of drug-likeness (QED) is 0.0383. The molecule has 0 radical (unpaired) electrons. The number of aromatic hydroxyl groups is 2. The number of halogens is 3. The van der Waals surface area contributed by atoms with Gasteiger partial charge >= 0.3 is 11.9 Å². The number of hydrogen-bond acceptors (Lipinski definition) is 21. The molecular weight excluding hydrogens is 1780 g/mol. The summed E-state index contributed by atoms with van der Waals surface area (Å²) in [4.78, 5) is 258. The maximum atomic E-state index is 15.7. The van der Waals surface area contributed by atoms with Gasteiger partial charge in [0.05, 0.1) is 31.9 Å². The number of primary amides is 1. The molecular formula is C93H117F3N16O22S. The van der Waals surface area contributed by atoms with E-state index in [2.05, 4.69) is 52.8 Å². The zero-order chi connectivity index (χ0) is 98.8. The second-order valence-electron chi connectivity index (χ2n) is 34.5. The van der Waals surface area contributed by atoms with Gasteiger partial charge in [-0.05, 0) is 114 Å². The number of aromatic nitrogens is 1.